The lowest BCUT2D eigenvalue weighted by Crippen LogP contribution is -2.09. The Labute approximate surface area is 121 Å². The predicted octanol–water partition coefficient (Wildman–Crippen LogP) is 3.70. The molecule has 0 saturated heterocycles. The molecule has 1 aromatic heterocycles. The highest BCUT2D eigenvalue weighted by Gasteiger charge is 2.17. The van der Waals surface area contributed by atoms with Crippen molar-refractivity contribution in [2.24, 2.45) is 7.05 Å². The quantitative estimate of drug-likeness (QED) is 0.920. The van der Waals surface area contributed by atoms with E-state index >= 15 is 0 Å². The third-order valence-electron chi connectivity index (χ3n) is 4.48. The van der Waals surface area contributed by atoms with Crippen LogP contribution in [0.2, 0.25) is 0 Å². The lowest BCUT2D eigenvalue weighted by molar-refractivity contribution is 0.728. The molecule has 0 saturated carbocycles. The van der Waals surface area contributed by atoms with E-state index in [9.17, 15) is 0 Å². The molecule has 1 heterocycles. The minimum absolute atomic E-state index is 0.281. The van der Waals surface area contributed by atoms with Crippen molar-refractivity contribution in [3.8, 4) is 0 Å². The van der Waals surface area contributed by atoms with Gasteiger partial charge in [0.1, 0.15) is 0 Å². The van der Waals surface area contributed by atoms with Crippen LogP contribution >= 0.6 is 0 Å². The third-order valence-corrected chi connectivity index (χ3v) is 4.48. The minimum Gasteiger partial charge on any atom is -0.378 e. The molecule has 0 fully saturated rings. The summed E-state index contributed by atoms with van der Waals surface area (Å²) in [6.45, 7) is 6.43. The zero-order valence-electron chi connectivity index (χ0n) is 12.8. The van der Waals surface area contributed by atoms with Gasteiger partial charge < -0.3 is 5.32 Å². The first-order valence-corrected chi connectivity index (χ1v) is 7.44. The monoisotopic (exact) mass is 269 g/mol. The summed E-state index contributed by atoms with van der Waals surface area (Å²) < 4.78 is 1.96. The number of aromatic nitrogens is 2. The number of anilines is 1. The first-order chi connectivity index (χ1) is 9.56. The number of hydrogen-bond donors (Lipinski definition) is 1. The maximum absolute atomic E-state index is 4.51. The second-order valence-corrected chi connectivity index (χ2v) is 5.91. The van der Waals surface area contributed by atoms with Crippen LogP contribution < -0.4 is 5.32 Å². The fourth-order valence-electron chi connectivity index (χ4n) is 3.40. The first-order valence-electron chi connectivity index (χ1n) is 7.44. The van der Waals surface area contributed by atoms with E-state index in [0.29, 0.717) is 0 Å². The molecule has 2 aromatic rings. The Hall–Kier alpha value is -1.77. The predicted molar refractivity (Wildman–Crippen MR) is 83.2 cm³/mol. The Morgan fingerprint density at radius 1 is 1.20 bits per heavy atom. The maximum atomic E-state index is 4.51. The van der Waals surface area contributed by atoms with Crippen LogP contribution in [0.3, 0.4) is 0 Å². The number of aryl methyl sites for hydroxylation is 4. The van der Waals surface area contributed by atoms with Crippen molar-refractivity contribution in [2.45, 2.75) is 46.1 Å². The van der Waals surface area contributed by atoms with Gasteiger partial charge in [-0.1, -0.05) is 6.07 Å². The second-order valence-electron chi connectivity index (χ2n) is 5.91. The van der Waals surface area contributed by atoms with Gasteiger partial charge in [0, 0.05) is 24.0 Å². The molecule has 106 valence electrons. The molecule has 0 spiro atoms. The van der Waals surface area contributed by atoms with Crippen LogP contribution in [0.15, 0.2) is 18.2 Å². The van der Waals surface area contributed by atoms with E-state index in [1.165, 1.54) is 47.3 Å². The molecular weight excluding hydrogens is 246 g/mol. The highest BCUT2D eigenvalue weighted by molar-refractivity contribution is 5.52. The topological polar surface area (TPSA) is 29.9 Å². The van der Waals surface area contributed by atoms with Crippen LogP contribution in [0.5, 0.6) is 0 Å². The summed E-state index contributed by atoms with van der Waals surface area (Å²) in [5.41, 5.74) is 7.93. The highest BCUT2D eigenvalue weighted by Crippen LogP contribution is 2.28. The molecule has 1 aliphatic rings. The Balaban J connectivity index is 1.84. The molecule has 1 N–H and O–H groups in total. The van der Waals surface area contributed by atoms with E-state index in [1.807, 2.05) is 11.7 Å². The van der Waals surface area contributed by atoms with Gasteiger partial charge in [-0.05, 0) is 63.3 Å². The lowest BCUT2D eigenvalue weighted by Gasteiger charge is -2.17. The van der Waals surface area contributed by atoms with E-state index in [0.717, 1.165) is 5.69 Å². The van der Waals surface area contributed by atoms with E-state index in [2.05, 4.69) is 49.4 Å². The summed E-state index contributed by atoms with van der Waals surface area (Å²) in [5, 5.41) is 8.14. The highest BCUT2D eigenvalue weighted by atomic mass is 15.3. The molecule has 3 heteroatoms. The van der Waals surface area contributed by atoms with Crippen molar-refractivity contribution in [1.82, 2.24) is 9.78 Å². The van der Waals surface area contributed by atoms with Gasteiger partial charge in [-0.15, -0.1) is 0 Å². The molecule has 1 unspecified atom stereocenters. The zero-order valence-corrected chi connectivity index (χ0v) is 12.8. The molecule has 0 bridgehead atoms. The maximum Gasteiger partial charge on any atom is 0.0649 e. The Morgan fingerprint density at radius 2 is 1.95 bits per heavy atom. The molecule has 0 aliphatic heterocycles. The van der Waals surface area contributed by atoms with E-state index in [-0.39, 0.29) is 6.04 Å². The average Bonchev–Trinajstić information content (AvgIpc) is 2.94. The summed E-state index contributed by atoms with van der Waals surface area (Å²) >= 11 is 0. The van der Waals surface area contributed by atoms with Gasteiger partial charge in [0.25, 0.3) is 0 Å². The molecule has 1 aromatic carbocycles. The van der Waals surface area contributed by atoms with Gasteiger partial charge in [-0.25, -0.2) is 0 Å². The average molecular weight is 269 g/mol. The third kappa shape index (κ3) is 2.21. The van der Waals surface area contributed by atoms with Crippen LogP contribution in [0.1, 0.15) is 47.5 Å². The van der Waals surface area contributed by atoms with Crippen molar-refractivity contribution >= 4 is 5.69 Å². The fourth-order valence-corrected chi connectivity index (χ4v) is 3.40. The van der Waals surface area contributed by atoms with Gasteiger partial charge >= 0.3 is 0 Å². The molecule has 0 radical (unpaired) electrons. The van der Waals surface area contributed by atoms with Crippen LogP contribution in [0.25, 0.3) is 0 Å². The summed E-state index contributed by atoms with van der Waals surface area (Å²) in [6, 6.07) is 7.09. The molecule has 1 atom stereocenters. The Bertz CT molecular complexity index is 640. The van der Waals surface area contributed by atoms with Crippen LogP contribution in [-0.2, 0) is 19.9 Å². The smallest absolute Gasteiger partial charge is 0.0649 e. The molecule has 0 amide bonds. The van der Waals surface area contributed by atoms with Crippen LogP contribution in [0.4, 0.5) is 5.69 Å². The molecule has 20 heavy (non-hydrogen) atoms. The van der Waals surface area contributed by atoms with Gasteiger partial charge in [-0.3, -0.25) is 4.68 Å². The molecule has 3 rings (SSSR count). The summed E-state index contributed by atoms with van der Waals surface area (Å²) in [7, 11) is 2.01. The van der Waals surface area contributed by atoms with Crippen molar-refractivity contribution in [2.75, 3.05) is 5.32 Å². The van der Waals surface area contributed by atoms with Crippen molar-refractivity contribution in [3.63, 3.8) is 0 Å². The first kappa shape index (κ1) is 13.2. The zero-order chi connectivity index (χ0) is 14.3. The van der Waals surface area contributed by atoms with Crippen molar-refractivity contribution in [1.29, 1.82) is 0 Å². The van der Waals surface area contributed by atoms with Crippen molar-refractivity contribution in [3.05, 3.63) is 46.3 Å². The van der Waals surface area contributed by atoms with E-state index in [4.69, 9.17) is 0 Å². The fraction of sp³-hybridized carbons (Fsp3) is 0.471. The number of nitrogens with zero attached hydrogens (tertiary/aromatic N) is 2. The van der Waals surface area contributed by atoms with Crippen LogP contribution in [-0.4, -0.2) is 9.78 Å². The van der Waals surface area contributed by atoms with Gasteiger partial charge in [0.15, 0.2) is 0 Å². The number of fused-ring (bicyclic) bond motifs is 1. The number of nitrogens with one attached hydrogen (secondary N) is 1. The Kier molecular flexibility index (Phi) is 3.28. The largest absolute Gasteiger partial charge is 0.378 e. The summed E-state index contributed by atoms with van der Waals surface area (Å²) in [6.07, 6.45) is 3.77. The summed E-state index contributed by atoms with van der Waals surface area (Å²) in [5.74, 6) is 0. The van der Waals surface area contributed by atoms with Gasteiger partial charge in [-0.2, -0.15) is 5.10 Å². The second kappa shape index (κ2) is 4.97. The summed E-state index contributed by atoms with van der Waals surface area (Å²) in [4.78, 5) is 0. The van der Waals surface area contributed by atoms with Crippen molar-refractivity contribution < 1.29 is 0 Å². The van der Waals surface area contributed by atoms with Gasteiger partial charge in [0.05, 0.1) is 11.7 Å². The minimum atomic E-state index is 0.281. The Morgan fingerprint density at radius 3 is 2.65 bits per heavy atom. The van der Waals surface area contributed by atoms with E-state index < -0.39 is 0 Å². The number of benzene rings is 1. The standard InChI is InChI=1S/C17H23N3/c1-11(17-12(2)19-20(4)13(17)3)18-16-9-8-14-6-5-7-15(14)10-16/h8-11,18H,5-7H2,1-4H3. The van der Waals surface area contributed by atoms with Crippen LogP contribution in [0, 0.1) is 13.8 Å². The van der Waals surface area contributed by atoms with E-state index in [1.54, 1.807) is 0 Å². The normalized spacial score (nSPS) is 15.2. The number of rotatable bonds is 3. The molecular formula is C17H23N3. The number of hydrogen-bond acceptors (Lipinski definition) is 2. The van der Waals surface area contributed by atoms with Gasteiger partial charge in [0.2, 0.25) is 0 Å². The SMILES string of the molecule is Cc1nn(C)c(C)c1C(C)Nc1ccc2c(c1)CCC2. The molecule has 1 aliphatic carbocycles. The lowest BCUT2D eigenvalue weighted by atomic mass is 10.0. The molecule has 3 nitrogen and oxygen atoms in total.